The summed E-state index contributed by atoms with van der Waals surface area (Å²) in [6.45, 7) is 8.07. The first-order chi connectivity index (χ1) is 15.6. The van der Waals surface area contributed by atoms with Crippen LogP contribution in [-0.2, 0) is 5.41 Å². The lowest BCUT2D eigenvalue weighted by Gasteiger charge is -2.38. The number of nitrogens with zero attached hydrogens (tertiary/aromatic N) is 5. The van der Waals surface area contributed by atoms with Gasteiger partial charge in [0.2, 0.25) is 11.8 Å². The topological polar surface area (TPSA) is 124 Å². The van der Waals surface area contributed by atoms with Crippen molar-refractivity contribution in [1.29, 1.82) is 0 Å². The first-order valence-corrected chi connectivity index (χ1v) is 10.5. The fraction of sp³-hybridized carbons (Fsp3) is 0.304. The van der Waals surface area contributed by atoms with E-state index in [0.717, 1.165) is 42.9 Å². The monoisotopic (exact) mass is 430 g/mol. The van der Waals surface area contributed by atoms with E-state index in [9.17, 15) is 0 Å². The number of allylic oxidation sites excluding steroid dienone is 1. The molecule has 1 aliphatic rings. The largest absolute Gasteiger partial charge is 0.477 e. The highest BCUT2D eigenvalue weighted by molar-refractivity contribution is 5.60. The SMILES string of the molecule is C=C=C(Nc1ccc(-c2cncc(OCC)n2)cn1)C1(c2ccnc(N)n2)CCNCC1. The highest BCUT2D eigenvalue weighted by Crippen LogP contribution is 2.39. The van der Waals surface area contributed by atoms with Crippen molar-refractivity contribution in [2.24, 2.45) is 0 Å². The molecule has 4 rings (SSSR count). The summed E-state index contributed by atoms with van der Waals surface area (Å²) < 4.78 is 5.44. The Balaban J connectivity index is 1.60. The number of nitrogen functional groups attached to an aromatic ring is 1. The van der Waals surface area contributed by atoms with E-state index < -0.39 is 5.41 Å². The van der Waals surface area contributed by atoms with Crippen molar-refractivity contribution in [2.75, 3.05) is 30.7 Å². The van der Waals surface area contributed by atoms with Crippen LogP contribution in [0.5, 0.6) is 5.88 Å². The average molecular weight is 431 g/mol. The molecule has 0 amide bonds. The quantitative estimate of drug-likeness (QED) is 0.485. The maximum absolute atomic E-state index is 5.88. The number of pyridine rings is 1. The van der Waals surface area contributed by atoms with Gasteiger partial charge in [-0.3, -0.25) is 4.98 Å². The second kappa shape index (κ2) is 9.55. The Hall–Kier alpha value is -3.81. The Morgan fingerprint density at radius 1 is 1.19 bits per heavy atom. The van der Waals surface area contributed by atoms with Gasteiger partial charge >= 0.3 is 0 Å². The molecule has 9 nitrogen and oxygen atoms in total. The molecule has 0 aromatic carbocycles. The lowest BCUT2D eigenvalue weighted by Crippen LogP contribution is -2.43. The summed E-state index contributed by atoms with van der Waals surface area (Å²) >= 11 is 0. The maximum atomic E-state index is 5.88. The van der Waals surface area contributed by atoms with E-state index in [1.807, 2.05) is 25.1 Å². The second-order valence-corrected chi connectivity index (χ2v) is 7.42. The molecule has 0 atom stereocenters. The van der Waals surface area contributed by atoms with Crippen LogP contribution in [0.4, 0.5) is 11.8 Å². The standard InChI is InChI=1S/C23H26N8O/c1-3-18(23(8-11-25-12-9-23)19-7-10-27-22(24)31-19)30-20-6-5-16(13-28-20)17-14-26-15-21(29-17)32-4-2/h5-7,10,13-15,25H,1,4,8-9,11-12H2,2H3,(H,28,30)(H2,24,27,31). The predicted molar refractivity (Wildman–Crippen MR) is 123 cm³/mol. The van der Waals surface area contributed by atoms with Gasteiger partial charge in [0, 0.05) is 18.0 Å². The fourth-order valence-electron chi connectivity index (χ4n) is 3.91. The Morgan fingerprint density at radius 2 is 2.03 bits per heavy atom. The summed E-state index contributed by atoms with van der Waals surface area (Å²) in [6.07, 6.45) is 8.37. The van der Waals surface area contributed by atoms with Crippen molar-refractivity contribution in [3.05, 3.63) is 66.7 Å². The molecule has 164 valence electrons. The van der Waals surface area contributed by atoms with Gasteiger partial charge in [-0.05, 0) is 51.1 Å². The highest BCUT2D eigenvalue weighted by Gasteiger charge is 2.39. The van der Waals surface area contributed by atoms with E-state index in [4.69, 9.17) is 10.5 Å². The first kappa shape index (κ1) is 21.4. The van der Waals surface area contributed by atoms with Crippen LogP contribution >= 0.6 is 0 Å². The summed E-state index contributed by atoms with van der Waals surface area (Å²) in [7, 11) is 0. The van der Waals surface area contributed by atoms with Gasteiger partial charge in [0.05, 0.1) is 41.5 Å². The van der Waals surface area contributed by atoms with Gasteiger partial charge in [-0.25, -0.2) is 19.9 Å². The minimum absolute atomic E-state index is 0.252. The lowest BCUT2D eigenvalue weighted by molar-refractivity contribution is 0.325. The molecule has 1 aliphatic heterocycles. The molecule has 0 radical (unpaired) electrons. The predicted octanol–water partition coefficient (Wildman–Crippen LogP) is 2.71. The van der Waals surface area contributed by atoms with Crippen molar-refractivity contribution in [1.82, 2.24) is 30.2 Å². The zero-order chi connectivity index (χ0) is 22.4. The first-order valence-electron chi connectivity index (χ1n) is 10.5. The third-order valence-electron chi connectivity index (χ3n) is 5.49. The number of nitrogens with one attached hydrogen (secondary N) is 2. The zero-order valence-electron chi connectivity index (χ0n) is 18.0. The molecule has 9 heteroatoms. The van der Waals surface area contributed by atoms with Crippen molar-refractivity contribution < 1.29 is 4.74 Å². The maximum Gasteiger partial charge on any atom is 0.232 e. The third kappa shape index (κ3) is 4.44. The molecule has 4 heterocycles. The average Bonchev–Trinajstić information content (AvgIpc) is 2.84. The fourth-order valence-corrected chi connectivity index (χ4v) is 3.91. The summed E-state index contributed by atoms with van der Waals surface area (Å²) in [5, 5.41) is 6.81. The summed E-state index contributed by atoms with van der Waals surface area (Å²) in [5.41, 5.74) is 11.8. The van der Waals surface area contributed by atoms with Gasteiger partial charge in [-0.2, -0.15) is 0 Å². The van der Waals surface area contributed by atoms with Crippen LogP contribution in [0, 0.1) is 0 Å². The molecule has 0 spiro atoms. The normalized spacial score (nSPS) is 14.9. The number of piperidine rings is 1. The molecule has 4 N–H and O–H groups in total. The molecule has 1 saturated heterocycles. The molecule has 0 bridgehead atoms. The molecule has 3 aromatic heterocycles. The van der Waals surface area contributed by atoms with Crippen LogP contribution in [0.1, 0.15) is 25.5 Å². The lowest BCUT2D eigenvalue weighted by atomic mass is 9.73. The number of aromatic nitrogens is 5. The van der Waals surface area contributed by atoms with E-state index >= 15 is 0 Å². The number of rotatable bonds is 7. The van der Waals surface area contributed by atoms with Gasteiger partial charge in [-0.1, -0.05) is 6.58 Å². The van der Waals surface area contributed by atoms with Gasteiger partial charge in [0.25, 0.3) is 0 Å². The number of anilines is 2. The minimum Gasteiger partial charge on any atom is -0.477 e. The smallest absolute Gasteiger partial charge is 0.232 e. The van der Waals surface area contributed by atoms with E-state index in [1.165, 1.54) is 0 Å². The molecular weight excluding hydrogens is 404 g/mol. The number of nitrogens with two attached hydrogens (primary N) is 1. The van der Waals surface area contributed by atoms with Crippen molar-refractivity contribution in [3.8, 4) is 17.1 Å². The number of hydrogen-bond acceptors (Lipinski definition) is 9. The molecule has 32 heavy (non-hydrogen) atoms. The third-order valence-corrected chi connectivity index (χ3v) is 5.49. The van der Waals surface area contributed by atoms with Crippen LogP contribution in [0.2, 0.25) is 0 Å². The van der Waals surface area contributed by atoms with Crippen LogP contribution in [0.15, 0.2) is 61.0 Å². The van der Waals surface area contributed by atoms with E-state index in [-0.39, 0.29) is 5.95 Å². The second-order valence-electron chi connectivity index (χ2n) is 7.42. The van der Waals surface area contributed by atoms with Crippen LogP contribution in [0.3, 0.4) is 0 Å². The Morgan fingerprint density at radius 3 is 2.72 bits per heavy atom. The molecule has 3 aromatic rings. The Kier molecular flexibility index (Phi) is 6.39. The molecule has 0 aliphatic carbocycles. The van der Waals surface area contributed by atoms with Gasteiger partial charge < -0.3 is 21.1 Å². The van der Waals surface area contributed by atoms with Crippen LogP contribution in [-0.4, -0.2) is 44.6 Å². The Labute approximate surface area is 186 Å². The van der Waals surface area contributed by atoms with E-state index in [2.05, 4.69) is 47.9 Å². The highest BCUT2D eigenvalue weighted by atomic mass is 16.5. The Bertz CT molecular complexity index is 1120. The van der Waals surface area contributed by atoms with Crippen molar-refractivity contribution in [2.45, 2.75) is 25.2 Å². The zero-order valence-corrected chi connectivity index (χ0v) is 18.0. The molecule has 1 fully saturated rings. The minimum atomic E-state index is -0.401. The molecule has 0 unspecified atom stereocenters. The summed E-state index contributed by atoms with van der Waals surface area (Å²) in [4.78, 5) is 21.8. The summed E-state index contributed by atoms with van der Waals surface area (Å²) in [5.74, 6) is 1.41. The van der Waals surface area contributed by atoms with Crippen molar-refractivity contribution >= 4 is 11.8 Å². The van der Waals surface area contributed by atoms with Crippen LogP contribution < -0.4 is 21.1 Å². The van der Waals surface area contributed by atoms with Crippen molar-refractivity contribution in [3.63, 3.8) is 0 Å². The van der Waals surface area contributed by atoms with Crippen LogP contribution in [0.25, 0.3) is 11.3 Å². The summed E-state index contributed by atoms with van der Waals surface area (Å²) in [6, 6.07) is 5.74. The van der Waals surface area contributed by atoms with Gasteiger partial charge in [-0.15, -0.1) is 5.73 Å². The number of hydrogen-bond donors (Lipinski definition) is 3. The van der Waals surface area contributed by atoms with E-state index in [0.29, 0.717) is 24.0 Å². The van der Waals surface area contributed by atoms with E-state index in [1.54, 1.807) is 24.8 Å². The van der Waals surface area contributed by atoms with Gasteiger partial charge in [0.15, 0.2) is 0 Å². The van der Waals surface area contributed by atoms with Gasteiger partial charge in [0.1, 0.15) is 5.82 Å². The molecular formula is C23H26N8O. The molecule has 0 saturated carbocycles. The number of ether oxygens (including phenoxy) is 1.